The van der Waals surface area contributed by atoms with E-state index in [1.165, 1.54) is 87.6 Å². The Kier molecular flexibility index (Phi) is 6.25. The fourth-order valence-electron chi connectivity index (χ4n) is 7.42. The summed E-state index contributed by atoms with van der Waals surface area (Å²) in [6.07, 6.45) is 0. The van der Waals surface area contributed by atoms with Crippen LogP contribution in [-0.4, -0.2) is 0 Å². The number of benzene rings is 9. The Bertz CT molecular complexity index is 2460. The molecule has 0 N–H and O–H groups in total. The average molecular weight is 583 g/mol. The predicted octanol–water partition coefficient (Wildman–Crippen LogP) is 13.0. The fourth-order valence-corrected chi connectivity index (χ4v) is 7.42. The molecule has 9 aromatic rings. The van der Waals surface area contributed by atoms with Crippen LogP contribution in [0.4, 0.5) is 0 Å². The van der Waals surface area contributed by atoms with Crippen molar-refractivity contribution in [1.82, 2.24) is 0 Å². The first-order chi connectivity index (χ1) is 22.8. The van der Waals surface area contributed by atoms with Gasteiger partial charge in [0.05, 0.1) is 0 Å². The zero-order valence-corrected chi connectivity index (χ0v) is 25.3. The number of fused-ring (bicyclic) bond motifs is 4. The summed E-state index contributed by atoms with van der Waals surface area (Å²) in [6, 6.07) is 66.5. The van der Waals surface area contributed by atoms with Gasteiger partial charge in [-0.1, -0.05) is 176 Å². The Morgan fingerprint density at radius 3 is 1.35 bits per heavy atom. The maximum atomic E-state index is 2.35. The molecule has 0 nitrogen and oxygen atoms in total. The van der Waals surface area contributed by atoms with Crippen LogP contribution in [0.25, 0.3) is 87.6 Å². The van der Waals surface area contributed by atoms with Crippen LogP contribution >= 0.6 is 0 Å². The van der Waals surface area contributed by atoms with Crippen LogP contribution in [0, 0.1) is 0 Å². The van der Waals surface area contributed by atoms with Crippen LogP contribution in [0.3, 0.4) is 0 Å². The minimum Gasteiger partial charge on any atom is -0.0622 e. The van der Waals surface area contributed by atoms with Crippen LogP contribution < -0.4 is 0 Å². The monoisotopic (exact) mass is 582 g/mol. The van der Waals surface area contributed by atoms with Gasteiger partial charge in [0.1, 0.15) is 0 Å². The van der Waals surface area contributed by atoms with Crippen molar-refractivity contribution in [3.8, 4) is 44.5 Å². The van der Waals surface area contributed by atoms with Gasteiger partial charge in [-0.3, -0.25) is 0 Å². The van der Waals surface area contributed by atoms with Crippen LogP contribution in [0.5, 0.6) is 0 Å². The molecule has 0 spiro atoms. The lowest BCUT2D eigenvalue weighted by atomic mass is 9.82. The first-order valence-corrected chi connectivity index (χ1v) is 15.9. The summed E-state index contributed by atoms with van der Waals surface area (Å²) in [7, 11) is 0. The third kappa shape index (κ3) is 4.23. The minimum atomic E-state index is 1.23. The second-order valence-electron chi connectivity index (χ2n) is 12.0. The largest absolute Gasteiger partial charge is 0.0622 e. The summed E-state index contributed by atoms with van der Waals surface area (Å²) in [5.74, 6) is 0. The van der Waals surface area contributed by atoms with Crippen molar-refractivity contribution in [3.05, 3.63) is 182 Å². The molecular weight excluding hydrogens is 553 g/mol. The zero-order chi connectivity index (χ0) is 30.5. The van der Waals surface area contributed by atoms with E-state index in [1.807, 2.05) is 0 Å². The van der Waals surface area contributed by atoms with Crippen LogP contribution in [0.2, 0.25) is 0 Å². The van der Waals surface area contributed by atoms with Gasteiger partial charge in [0.2, 0.25) is 0 Å². The van der Waals surface area contributed by atoms with E-state index >= 15 is 0 Å². The molecule has 0 radical (unpaired) electrons. The summed E-state index contributed by atoms with van der Waals surface area (Å²) in [6.45, 7) is 0. The second kappa shape index (κ2) is 10.9. The van der Waals surface area contributed by atoms with E-state index < -0.39 is 0 Å². The maximum Gasteiger partial charge on any atom is -0.00201 e. The van der Waals surface area contributed by atoms with Gasteiger partial charge < -0.3 is 0 Å². The van der Waals surface area contributed by atoms with Crippen molar-refractivity contribution in [2.75, 3.05) is 0 Å². The Labute approximate surface area is 268 Å². The van der Waals surface area contributed by atoms with Gasteiger partial charge in [-0.2, -0.15) is 0 Å². The van der Waals surface area contributed by atoms with E-state index in [1.54, 1.807) is 0 Å². The highest BCUT2D eigenvalue weighted by Crippen LogP contribution is 2.48. The van der Waals surface area contributed by atoms with Gasteiger partial charge in [-0.05, 0) is 93.7 Å². The zero-order valence-electron chi connectivity index (χ0n) is 25.3. The Hall–Kier alpha value is -5.98. The molecule has 0 bridgehead atoms. The molecule has 0 atom stereocenters. The molecule has 0 amide bonds. The lowest BCUT2D eigenvalue weighted by Gasteiger charge is -2.21. The van der Waals surface area contributed by atoms with E-state index in [9.17, 15) is 0 Å². The predicted molar refractivity (Wildman–Crippen MR) is 198 cm³/mol. The van der Waals surface area contributed by atoms with Gasteiger partial charge in [0.15, 0.2) is 0 Å². The number of rotatable bonds is 4. The van der Waals surface area contributed by atoms with Gasteiger partial charge in [0.25, 0.3) is 0 Å². The van der Waals surface area contributed by atoms with Gasteiger partial charge >= 0.3 is 0 Å². The summed E-state index contributed by atoms with van der Waals surface area (Å²) in [5.41, 5.74) is 10.0. The lowest BCUT2D eigenvalue weighted by molar-refractivity contribution is 1.62. The molecule has 0 unspecified atom stereocenters. The molecule has 9 rings (SSSR count). The number of hydrogen-bond donors (Lipinski definition) is 0. The van der Waals surface area contributed by atoms with Gasteiger partial charge in [0, 0.05) is 0 Å². The molecule has 9 aromatic carbocycles. The molecule has 0 saturated heterocycles. The standard InChI is InChI=1S/C46H30/c1-3-15-32(16-4-1)36-24-13-25-42-43(29-28-37(45(36)42)33-17-5-2-6-18-33)46-40-22-11-9-20-38(40)44(39-21-10-12-23-41(39)46)35-27-26-31-14-7-8-19-34(31)30-35/h1-30H. The van der Waals surface area contributed by atoms with Crippen LogP contribution in [0.15, 0.2) is 182 Å². The first kappa shape index (κ1) is 26.4. The van der Waals surface area contributed by atoms with Crippen molar-refractivity contribution in [2.24, 2.45) is 0 Å². The summed E-state index contributed by atoms with van der Waals surface area (Å²) < 4.78 is 0. The molecule has 0 aliphatic carbocycles. The Balaban J connectivity index is 1.41. The molecule has 46 heavy (non-hydrogen) atoms. The molecule has 214 valence electrons. The third-order valence-electron chi connectivity index (χ3n) is 9.45. The smallest absolute Gasteiger partial charge is 0.00201 e. The molecule has 0 heterocycles. The highest BCUT2D eigenvalue weighted by atomic mass is 14.2. The number of hydrogen-bond acceptors (Lipinski definition) is 0. The van der Waals surface area contributed by atoms with Crippen molar-refractivity contribution in [3.63, 3.8) is 0 Å². The molecular formula is C46H30. The van der Waals surface area contributed by atoms with E-state index in [0.29, 0.717) is 0 Å². The summed E-state index contributed by atoms with van der Waals surface area (Å²) >= 11 is 0. The lowest BCUT2D eigenvalue weighted by Crippen LogP contribution is -1.93. The van der Waals surface area contributed by atoms with E-state index in [0.717, 1.165) is 0 Å². The first-order valence-electron chi connectivity index (χ1n) is 15.9. The molecule has 0 fully saturated rings. The van der Waals surface area contributed by atoms with Crippen molar-refractivity contribution >= 4 is 43.1 Å². The van der Waals surface area contributed by atoms with E-state index in [4.69, 9.17) is 0 Å². The van der Waals surface area contributed by atoms with Gasteiger partial charge in [-0.25, -0.2) is 0 Å². The maximum absolute atomic E-state index is 2.35. The van der Waals surface area contributed by atoms with Crippen molar-refractivity contribution in [2.45, 2.75) is 0 Å². The molecule has 0 aliphatic rings. The summed E-state index contributed by atoms with van der Waals surface area (Å²) in [5, 5.41) is 10.1. The van der Waals surface area contributed by atoms with E-state index in [-0.39, 0.29) is 0 Å². The summed E-state index contributed by atoms with van der Waals surface area (Å²) in [4.78, 5) is 0. The molecule has 0 aliphatic heterocycles. The highest BCUT2D eigenvalue weighted by molar-refractivity contribution is 6.25. The van der Waals surface area contributed by atoms with E-state index in [2.05, 4.69) is 182 Å². The molecule has 0 aromatic heterocycles. The molecule has 0 saturated carbocycles. The van der Waals surface area contributed by atoms with Crippen LogP contribution in [-0.2, 0) is 0 Å². The van der Waals surface area contributed by atoms with Gasteiger partial charge in [-0.15, -0.1) is 0 Å². The normalized spacial score (nSPS) is 11.5. The second-order valence-corrected chi connectivity index (χ2v) is 12.0. The topological polar surface area (TPSA) is 0 Å². The Morgan fingerprint density at radius 2 is 0.717 bits per heavy atom. The third-order valence-corrected chi connectivity index (χ3v) is 9.45. The highest BCUT2D eigenvalue weighted by Gasteiger charge is 2.20. The van der Waals surface area contributed by atoms with Crippen molar-refractivity contribution < 1.29 is 0 Å². The quantitative estimate of drug-likeness (QED) is 0.181. The van der Waals surface area contributed by atoms with Crippen molar-refractivity contribution in [1.29, 1.82) is 0 Å². The fraction of sp³-hybridized carbons (Fsp3) is 0. The molecule has 0 heteroatoms. The SMILES string of the molecule is c1ccc(-c2cccc3c(-c4c5ccccc5c(-c5ccc6ccccc6c5)c5ccccc45)ccc(-c4ccccc4)c23)cc1. The minimum absolute atomic E-state index is 1.23. The average Bonchev–Trinajstić information content (AvgIpc) is 3.14. The van der Waals surface area contributed by atoms with Crippen LogP contribution in [0.1, 0.15) is 0 Å². The Morgan fingerprint density at radius 1 is 0.239 bits per heavy atom.